The lowest BCUT2D eigenvalue weighted by molar-refractivity contribution is 0.274. The Morgan fingerprint density at radius 3 is 2.47 bits per heavy atom. The first-order chi connectivity index (χ1) is 8.24. The second-order valence-corrected chi connectivity index (χ2v) is 4.41. The number of rotatable bonds is 4. The SMILES string of the molecule is CCC(CCO)c1ccc2cc(O)ccc2c1. The Morgan fingerprint density at radius 2 is 1.76 bits per heavy atom. The molecule has 17 heavy (non-hydrogen) atoms. The van der Waals surface area contributed by atoms with Gasteiger partial charge in [-0.05, 0) is 47.2 Å². The summed E-state index contributed by atoms with van der Waals surface area (Å²) >= 11 is 0. The highest BCUT2D eigenvalue weighted by Crippen LogP contribution is 2.27. The lowest BCUT2D eigenvalue weighted by Gasteiger charge is -2.14. The molecule has 2 aromatic carbocycles. The van der Waals surface area contributed by atoms with Crippen molar-refractivity contribution >= 4 is 10.8 Å². The fourth-order valence-electron chi connectivity index (χ4n) is 2.27. The molecule has 0 spiro atoms. The monoisotopic (exact) mass is 230 g/mol. The maximum atomic E-state index is 9.41. The van der Waals surface area contributed by atoms with E-state index in [-0.39, 0.29) is 6.61 Å². The van der Waals surface area contributed by atoms with Crippen LogP contribution in [0.3, 0.4) is 0 Å². The van der Waals surface area contributed by atoms with E-state index in [1.54, 1.807) is 12.1 Å². The number of benzene rings is 2. The average Bonchev–Trinajstić information content (AvgIpc) is 2.35. The highest BCUT2D eigenvalue weighted by atomic mass is 16.3. The lowest BCUT2D eigenvalue weighted by Crippen LogP contribution is -2.00. The summed E-state index contributed by atoms with van der Waals surface area (Å²) in [6.07, 6.45) is 1.84. The van der Waals surface area contributed by atoms with Crippen molar-refractivity contribution in [3.63, 3.8) is 0 Å². The van der Waals surface area contributed by atoms with Gasteiger partial charge in [-0.25, -0.2) is 0 Å². The van der Waals surface area contributed by atoms with E-state index in [9.17, 15) is 5.11 Å². The summed E-state index contributed by atoms with van der Waals surface area (Å²) in [7, 11) is 0. The van der Waals surface area contributed by atoms with E-state index < -0.39 is 0 Å². The summed E-state index contributed by atoms with van der Waals surface area (Å²) in [6.45, 7) is 2.37. The van der Waals surface area contributed by atoms with Crippen LogP contribution in [0.1, 0.15) is 31.2 Å². The molecule has 2 N–H and O–H groups in total. The molecule has 0 heterocycles. The van der Waals surface area contributed by atoms with Gasteiger partial charge in [0.25, 0.3) is 0 Å². The summed E-state index contributed by atoms with van der Waals surface area (Å²) < 4.78 is 0. The molecule has 1 atom stereocenters. The Labute approximate surface area is 102 Å². The number of hydrogen-bond acceptors (Lipinski definition) is 2. The molecule has 0 fully saturated rings. The van der Waals surface area contributed by atoms with Crippen molar-refractivity contribution in [1.29, 1.82) is 0 Å². The number of fused-ring (bicyclic) bond motifs is 1. The van der Waals surface area contributed by atoms with Gasteiger partial charge >= 0.3 is 0 Å². The molecule has 2 rings (SSSR count). The number of aliphatic hydroxyl groups is 1. The van der Waals surface area contributed by atoms with Gasteiger partial charge in [0.2, 0.25) is 0 Å². The van der Waals surface area contributed by atoms with Crippen molar-refractivity contribution in [3.8, 4) is 5.75 Å². The lowest BCUT2D eigenvalue weighted by atomic mass is 9.92. The van der Waals surface area contributed by atoms with E-state index in [0.29, 0.717) is 11.7 Å². The minimum atomic E-state index is 0.228. The molecule has 0 aliphatic heterocycles. The third kappa shape index (κ3) is 2.59. The van der Waals surface area contributed by atoms with Crippen LogP contribution in [0.5, 0.6) is 5.75 Å². The Bertz CT molecular complexity index is 505. The zero-order valence-electron chi connectivity index (χ0n) is 10.1. The quantitative estimate of drug-likeness (QED) is 0.844. The molecule has 0 aliphatic rings. The smallest absolute Gasteiger partial charge is 0.116 e. The molecule has 1 unspecified atom stereocenters. The Hall–Kier alpha value is -1.54. The van der Waals surface area contributed by atoms with E-state index in [2.05, 4.69) is 19.1 Å². The Kier molecular flexibility index (Phi) is 3.64. The third-order valence-corrected chi connectivity index (χ3v) is 3.29. The first-order valence-electron chi connectivity index (χ1n) is 6.08. The minimum absolute atomic E-state index is 0.228. The van der Waals surface area contributed by atoms with Crippen LogP contribution in [0.4, 0.5) is 0 Å². The van der Waals surface area contributed by atoms with Crippen molar-refractivity contribution in [2.45, 2.75) is 25.7 Å². The average molecular weight is 230 g/mol. The van der Waals surface area contributed by atoms with E-state index in [1.807, 2.05) is 12.1 Å². The van der Waals surface area contributed by atoms with Gasteiger partial charge in [-0.2, -0.15) is 0 Å². The van der Waals surface area contributed by atoms with Crippen LogP contribution in [0.2, 0.25) is 0 Å². The number of aliphatic hydroxyl groups excluding tert-OH is 1. The minimum Gasteiger partial charge on any atom is -0.508 e. The van der Waals surface area contributed by atoms with Crippen molar-refractivity contribution < 1.29 is 10.2 Å². The summed E-state index contributed by atoms with van der Waals surface area (Å²) in [5.41, 5.74) is 1.26. The second kappa shape index (κ2) is 5.19. The van der Waals surface area contributed by atoms with E-state index in [0.717, 1.165) is 23.6 Å². The van der Waals surface area contributed by atoms with Gasteiger partial charge in [0, 0.05) is 6.61 Å². The maximum Gasteiger partial charge on any atom is 0.116 e. The van der Waals surface area contributed by atoms with Gasteiger partial charge in [0.15, 0.2) is 0 Å². The molecular formula is C15H18O2. The molecule has 2 heteroatoms. The first kappa shape index (κ1) is 11.9. The van der Waals surface area contributed by atoms with Crippen molar-refractivity contribution in [2.75, 3.05) is 6.61 Å². The van der Waals surface area contributed by atoms with Crippen LogP contribution in [0.25, 0.3) is 10.8 Å². The van der Waals surface area contributed by atoms with E-state index in [1.165, 1.54) is 5.56 Å². The van der Waals surface area contributed by atoms with E-state index >= 15 is 0 Å². The molecule has 0 aliphatic carbocycles. The number of hydrogen-bond donors (Lipinski definition) is 2. The predicted molar refractivity (Wildman–Crippen MR) is 70.3 cm³/mol. The molecule has 2 nitrogen and oxygen atoms in total. The number of aromatic hydroxyl groups is 1. The van der Waals surface area contributed by atoms with E-state index in [4.69, 9.17) is 5.11 Å². The highest BCUT2D eigenvalue weighted by molar-refractivity contribution is 5.84. The molecule has 0 aromatic heterocycles. The number of phenolic OH excluding ortho intramolecular Hbond substituents is 1. The molecule has 0 radical (unpaired) electrons. The van der Waals surface area contributed by atoms with Crippen molar-refractivity contribution in [1.82, 2.24) is 0 Å². The van der Waals surface area contributed by atoms with Crippen LogP contribution < -0.4 is 0 Å². The normalized spacial score (nSPS) is 12.8. The summed E-state index contributed by atoms with van der Waals surface area (Å²) in [6, 6.07) is 11.7. The summed E-state index contributed by atoms with van der Waals surface area (Å²) in [5.74, 6) is 0.714. The number of phenols is 1. The van der Waals surface area contributed by atoms with Crippen LogP contribution in [0, 0.1) is 0 Å². The summed E-state index contributed by atoms with van der Waals surface area (Å²) in [5, 5.41) is 20.6. The predicted octanol–water partition coefficient (Wildman–Crippen LogP) is 3.42. The first-order valence-corrected chi connectivity index (χ1v) is 6.08. The van der Waals surface area contributed by atoms with Gasteiger partial charge in [-0.1, -0.05) is 31.2 Å². The van der Waals surface area contributed by atoms with Crippen molar-refractivity contribution in [2.24, 2.45) is 0 Å². The highest BCUT2D eigenvalue weighted by Gasteiger charge is 2.09. The van der Waals surface area contributed by atoms with Crippen LogP contribution >= 0.6 is 0 Å². The molecule has 0 saturated carbocycles. The fourth-order valence-corrected chi connectivity index (χ4v) is 2.27. The van der Waals surface area contributed by atoms with Crippen LogP contribution in [-0.2, 0) is 0 Å². The zero-order chi connectivity index (χ0) is 12.3. The topological polar surface area (TPSA) is 40.5 Å². The molecule has 2 aromatic rings. The second-order valence-electron chi connectivity index (χ2n) is 4.41. The molecule has 0 saturated heterocycles. The largest absolute Gasteiger partial charge is 0.508 e. The molecule has 0 amide bonds. The van der Waals surface area contributed by atoms with Crippen LogP contribution in [-0.4, -0.2) is 16.8 Å². The van der Waals surface area contributed by atoms with Crippen molar-refractivity contribution in [3.05, 3.63) is 42.0 Å². The third-order valence-electron chi connectivity index (χ3n) is 3.29. The van der Waals surface area contributed by atoms with Gasteiger partial charge in [0.1, 0.15) is 5.75 Å². The molecule has 0 bridgehead atoms. The Balaban J connectivity index is 2.40. The van der Waals surface area contributed by atoms with Gasteiger partial charge < -0.3 is 10.2 Å². The summed E-state index contributed by atoms with van der Waals surface area (Å²) in [4.78, 5) is 0. The van der Waals surface area contributed by atoms with Gasteiger partial charge in [0.05, 0.1) is 0 Å². The van der Waals surface area contributed by atoms with Gasteiger partial charge in [-0.15, -0.1) is 0 Å². The van der Waals surface area contributed by atoms with Crippen LogP contribution in [0.15, 0.2) is 36.4 Å². The zero-order valence-corrected chi connectivity index (χ0v) is 10.1. The maximum absolute atomic E-state index is 9.41. The Morgan fingerprint density at radius 1 is 1.06 bits per heavy atom. The fraction of sp³-hybridized carbons (Fsp3) is 0.333. The standard InChI is InChI=1S/C15H18O2/c1-2-11(7-8-16)12-3-4-14-10-15(17)6-5-13(14)9-12/h3-6,9-11,16-17H,2,7-8H2,1H3. The molecule has 90 valence electrons. The molecular weight excluding hydrogens is 212 g/mol. The van der Waals surface area contributed by atoms with Gasteiger partial charge in [-0.3, -0.25) is 0 Å².